The predicted octanol–water partition coefficient (Wildman–Crippen LogP) is 31.8. The van der Waals surface area contributed by atoms with E-state index >= 15 is 0 Å². The number of pyridine rings is 2. The Hall–Kier alpha value is -14.7. The van der Waals surface area contributed by atoms with Gasteiger partial charge in [0.15, 0.2) is 0 Å². The molecule has 5 aromatic heterocycles. The second-order valence-electron chi connectivity index (χ2n) is 28.5. The average Bonchev–Trinajstić information content (AvgIpc) is 1.65. The van der Waals surface area contributed by atoms with E-state index in [2.05, 4.69) is 452 Å². The summed E-state index contributed by atoms with van der Waals surface area (Å²) in [4.78, 5) is 23.2. The minimum atomic E-state index is 0.975. The van der Waals surface area contributed by atoms with Gasteiger partial charge in [-0.15, -0.1) is 34.0 Å². The van der Waals surface area contributed by atoms with Gasteiger partial charge in [-0.05, 0) is 205 Å². The Bertz CT molecular complexity index is 6920. The summed E-state index contributed by atoms with van der Waals surface area (Å²) in [5.74, 6) is 0. The molecule has 0 radical (unpaired) electrons. The molecule has 117 heavy (non-hydrogen) atoms. The van der Waals surface area contributed by atoms with E-state index in [4.69, 9.17) is 0 Å². The Labute approximate surface area is 691 Å². The fourth-order valence-corrected chi connectivity index (χ4v) is 19.9. The molecule has 0 aliphatic heterocycles. The van der Waals surface area contributed by atoms with Crippen LogP contribution in [0, 0.1) is 0 Å². The second kappa shape index (κ2) is 32.0. The van der Waals surface area contributed by atoms with Gasteiger partial charge < -0.3 is 29.4 Å². The van der Waals surface area contributed by atoms with E-state index in [-0.39, 0.29) is 0 Å². The molecule has 0 fully saturated rings. The summed E-state index contributed by atoms with van der Waals surface area (Å²) < 4.78 is 7.43. The third-order valence-corrected chi connectivity index (χ3v) is 25.0. The van der Waals surface area contributed by atoms with Crippen LogP contribution in [-0.4, -0.2) is 9.97 Å². The minimum Gasteiger partial charge on any atom is -0.310 e. The number of benzene rings is 16. The van der Waals surface area contributed by atoms with Crippen molar-refractivity contribution in [3.63, 3.8) is 0 Å². The van der Waals surface area contributed by atoms with Gasteiger partial charge in [0, 0.05) is 122 Å². The minimum absolute atomic E-state index is 0.975. The van der Waals surface area contributed by atoms with Crippen LogP contribution in [0.2, 0.25) is 0 Å². The summed E-state index contributed by atoms with van der Waals surface area (Å²) in [5.41, 5.74) is 21.9. The maximum atomic E-state index is 4.50. The summed E-state index contributed by atoms with van der Waals surface area (Å²) in [6.07, 6.45) is 7.45. The van der Waals surface area contributed by atoms with E-state index in [1.165, 1.54) is 71.6 Å². The standard InChI is InChI=1S/C54H39N3S.C52H35N5S2/c1-6-19-40(20-7-1)41-21-16-30-46(37-41)57(48-32-17-31-47(38-48)55(42-22-8-2-9-23-42)43-24-10-3-11-25-43)52-34-18-33-50-51-39-49(35-36-53(51)58-54(50)52)56(44-26-12-4-13-27-44)45-28-14-5-15-29-45;1-3-15-36(16-4-1)55(46-27-10-24-43-42-23-7-8-30-49(42)58-50(43)46)38-19-9-20-39(33-38)56(37-17-5-2-6-18-37)47-28-11-25-44-45-26-12-29-48(52(45)59-51(44)47)57(40-21-13-31-53-34-40)41-22-14-32-54-35-41/h1-39H;1-35H. The van der Waals surface area contributed by atoms with Crippen LogP contribution in [0.1, 0.15) is 0 Å². The molecule has 11 heteroatoms. The fourth-order valence-electron chi connectivity index (χ4n) is 16.2. The molecule has 0 saturated heterocycles. The number of fused-ring (bicyclic) bond motifs is 9. The van der Waals surface area contributed by atoms with Crippen LogP contribution in [0.4, 0.5) is 102 Å². The lowest BCUT2D eigenvalue weighted by Gasteiger charge is -2.30. The summed E-state index contributed by atoms with van der Waals surface area (Å²) in [6, 6.07) is 152. The van der Waals surface area contributed by atoms with Crippen molar-refractivity contribution in [2.75, 3.05) is 29.4 Å². The molecule has 0 atom stereocenters. The lowest BCUT2D eigenvalue weighted by atomic mass is 10.0. The van der Waals surface area contributed by atoms with Crippen LogP contribution in [0.15, 0.2) is 449 Å². The van der Waals surface area contributed by atoms with Crippen molar-refractivity contribution >= 4 is 197 Å². The number of anilines is 18. The van der Waals surface area contributed by atoms with Gasteiger partial charge in [-0.1, -0.05) is 231 Å². The van der Waals surface area contributed by atoms with Gasteiger partial charge in [-0.25, -0.2) is 0 Å². The average molecular weight is 1560 g/mol. The molecular formula is C106H74N8S3. The third kappa shape index (κ3) is 14.0. The van der Waals surface area contributed by atoms with Crippen molar-refractivity contribution in [2.45, 2.75) is 0 Å². The van der Waals surface area contributed by atoms with E-state index in [1.54, 1.807) is 0 Å². The molecule has 5 heterocycles. The molecule has 0 spiro atoms. The lowest BCUT2D eigenvalue weighted by Crippen LogP contribution is -2.13. The Morgan fingerprint density at radius 1 is 0.162 bits per heavy atom. The van der Waals surface area contributed by atoms with E-state index in [9.17, 15) is 0 Å². The Morgan fingerprint density at radius 3 is 0.855 bits per heavy atom. The number of aromatic nitrogens is 2. The van der Waals surface area contributed by atoms with Crippen molar-refractivity contribution in [1.82, 2.24) is 9.97 Å². The summed E-state index contributed by atoms with van der Waals surface area (Å²) in [6.45, 7) is 0. The van der Waals surface area contributed by atoms with E-state index < -0.39 is 0 Å². The number of rotatable bonds is 19. The molecule has 21 rings (SSSR count). The number of nitrogens with zero attached hydrogens (tertiary/aromatic N) is 8. The highest BCUT2D eigenvalue weighted by Gasteiger charge is 2.27. The Kier molecular flexibility index (Phi) is 19.5. The zero-order valence-electron chi connectivity index (χ0n) is 63.5. The normalized spacial score (nSPS) is 11.2. The first-order valence-electron chi connectivity index (χ1n) is 39.2. The largest absolute Gasteiger partial charge is 0.310 e. The molecule has 0 unspecified atom stereocenters. The predicted molar refractivity (Wildman–Crippen MR) is 501 cm³/mol. The van der Waals surface area contributed by atoms with E-state index in [1.807, 2.05) is 70.9 Å². The summed E-state index contributed by atoms with van der Waals surface area (Å²) in [7, 11) is 0. The van der Waals surface area contributed by atoms with Crippen LogP contribution < -0.4 is 29.4 Å². The number of thiophene rings is 3. The molecule has 8 nitrogen and oxygen atoms in total. The first kappa shape index (κ1) is 71.3. The maximum absolute atomic E-state index is 4.50. The van der Waals surface area contributed by atoms with Crippen molar-refractivity contribution in [1.29, 1.82) is 0 Å². The summed E-state index contributed by atoms with van der Waals surface area (Å²) >= 11 is 5.53. The van der Waals surface area contributed by atoms with E-state index in [0.29, 0.717) is 0 Å². The monoisotopic (exact) mass is 1550 g/mol. The lowest BCUT2D eigenvalue weighted by molar-refractivity contribution is 1.21. The summed E-state index contributed by atoms with van der Waals surface area (Å²) in [5, 5.41) is 7.44. The molecule has 21 aromatic rings. The van der Waals surface area contributed by atoms with Crippen LogP contribution in [-0.2, 0) is 0 Å². The van der Waals surface area contributed by atoms with Gasteiger partial charge in [0.1, 0.15) is 0 Å². The molecule has 0 aliphatic carbocycles. The van der Waals surface area contributed by atoms with E-state index in [0.717, 1.165) is 102 Å². The molecule has 0 amide bonds. The highest BCUT2D eigenvalue weighted by atomic mass is 32.1. The topological polar surface area (TPSA) is 45.2 Å². The quantitative estimate of drug-likeness (QED) is 0.0794. The highest BCUT2D eigenvalue weighted by molar-refractivity contribution is 7.27. The highest BCUT2D eigenvalue weighted by Crippen LogP contribution is 2.53. The van der Waals surface area contributed by atoms with Crippen molar-refractivity contribution in [3.05, 3.63) is 449 Å². The SMILES string of the molecule is c1ccc(-c2cccc(N(c3cccc(N(c4ccccc4)c4ccccc4)c3)c3cccc4c3sc3ccc(N(c5ccccc5)c5ccccc5)cc34)c2)cc1.c1ccc(N(c2cccc(N(c3ccccc3)c3cccc4c3sc3c(N(c5cccnc5)c5cccnc5)cccc34)c2)c2cccc3c2sc2ccccc23)cc1. The first-order valence-corrected chi connectivity index (χ1v) is 41.6. The van der Waals surface area contributed by atoms with Gasteiger partial charge in [0.05, 0.1) is 65.3 Å². The first-order chi connectivity index (χ1) is 58.1. The Balaban J connectivity index is 0.000000151. The molecule has 0 saturated carbocycles. The number of para-hydroxylation sites is 6. The van der Waals surface area contributed by atoms with Crippen LogP contribution in [0.25, 0.3) is 71.6 Å². The molecule has 556 valence electrons. The zero-order chi connectivity index (χ0) is 77.8. The molecule has 0 N–H and O–H groups in total. The van der Waals surface area contributed by atoms with Gasteiger partial charge in [0.25, 0.3) is 0 Å². The second-order valence-corrected chi connectivity index (χ2v) is 31.6. The molecule has 0 bridgehead atoms. The van der Waals surface area contributed by atoms with Crippen molar-refractivity contribution in [3.8, 4) is 11.1 Å². The zero-order valence-corrected chi connectivity index (χ0v) is 66.0. The fraction of sp³-hybridized carbons (Fsp3) is 0. The molecule has 16 aromatic carbocycles. The Morgan fingerprint density at radius 2 is 0.436 bits per heavy atom. The maximum Gasteiger partial charge on any atom is 0.0646 e. The van der Waals surface area contributed by atoms with Crippen LogP contribution >= 0.6 is 34.0 Å². The molecular weight excluding hydrogens is 1480 g/mol. The van der Waals surface area contributed by atoms with Gasteiger partial charge in [-0.2, -0.15) is 0 Å². The van der Waals surface area contributed by atoms with Gasteiger partial charge >= 0.3 is 0 Å². The number of hydrogen-bond donors (Lipinski definition) is 0. The smallest absolute Gasteiger partial charge is 0.0646 e. The van der Waals surface area contributed by atoms with Gasteiger partial charge in [0.2, 0.25) is 0 Å². The molecule has 0 aliphatic rings. The number of hydrogen-bond acceptors (Lipinski definition) is 11. The van der Waals surface area contributed by atoms with Crippen molar-refractivity contribution in [2.24, 2.45) is 0 Å². The third-order valence-electron chi connectivity index (χ3n) is 21.3. The van der Waals surface area contributed by atoms with Crippen LogP contribution in [0.3, 0.4) is 0 Å². The van der Waals surface area contributed by atoms with Gasteiger partial charge in [-0.3, -0.25) is 9.97 Å². The van der Waals surface area contributed by atoms with Crippen molar-refractivity contribution < 1.29 is 0 Å². The van der Waals surface area contributed by atoms with Crippen LogP contribution in [0.5, 0.6) is 0 Å².